The summed E-state index contributed by atoms with van der Waals surface area (Å²) in [6.07, 6.45) is -1.18. The monoisotopic (exact) mass is 344 g/mol. The average molecular weight is 344 g/mol. The Kier molecular flexibility index (Phi) is 4.22. The molecular weight excluding hydrogens is 333 g/mol. The lowest BCUT2D eigenvalue weighted by molar-refractivity contribution is -0.383. The molecule has 0 fully saturated rings. The lowest BCUT2D eigenvalue weighted by Crippen LogP contribution is -2.03. The summed E-state index contributed by atoms with van der Waals surface area (Å²) in [7, 11) is 0. The van der Waals surface area contributed by atoms with Crippen LogP contribution in [0.25, 0.3) is 23.1 Å². The lowest BCUT2D eigenvalue weighted by atomic mass is 10.1. The SMILES string of the molecule is O=[N+]([O-])c1cccc2ccc(/C=C/c3ccc(C(F)(F)F)cc3)nc12. The molecule has 3 aromatic rings. The number of para-hydroxylation sites is 1. The van der Waals surface area contributed by atoms with E-state index in [9.17, 15) is 23.3 Å². The highest BCUT2D eigenvalue weighted by molar-refractivity contribution is 5.88. The highest BCUT2D eigenvalue weighted by Gasteiger charge is 2.29. The van der Waals surface area contributed by atoms with E-state index in [0.717, 1.165) is 12.1 Å². The largest absolute Gasteiger partial charge is 0.416 e. The van der Waals surface area contributed by atoms with Gasteiger partial charge in [-0.2, -0.15) is 13.2 Å². The van der Waals surface area contributed by atoms with Crippen LogP contribution in [-0.2, 0) is 6.18 Å². The Balaban J connectivity index is 1.91. The second-order valence-electron chi connectivity index (χ2n) is 5.30. The molecule has 0 saturated carbocycles. The van der Waals surface area contributed by atoms with Crippen LogP contribution in [0.3, 0.4) is 0 Å². The Labute approximate surface area is 140 Å². The van der Waals surface area contributed by atoms with E-state index >= 15 is 0 Å². The number of rotatable bonds is 3. The summed E-state index contributed by atoms with van der Waals surface area (Å²) in [6.45, 7) is 0. The smallest absolute Gasteiger partial charge is 0.258 e. The third kappa shape index (κ3) is 3.65. The summed E-state index contributed by atoms with van der Waals surface area (Å²) in [5, 5.41) is 11.7. The molecule has 0 aliphatic carbocycles. The van der Waals surface area contributed by atoms with Gasteiger partial charge in [-0.15, -0.1) is 0 Å². The third-order valence-corrected chi connectivity index (χ3v) is 3.60. The van der Waals surface area contributed by atoms with Crippen molar-refractivity contribution in [3.8, 4) is 0 Å². The number of hydrogen-bond acceptors (Lipinski definition) is 3. The fraction of sp³-hybridized carbons (Fsp3) is 0.0556. The highest BCUT2D eigenvalue weighted by atomic mass is 19.4. The summed E-state index contributed by atoms with van der Waals surface area (Å²) in [4.78, 5) is 14.8. The van der Waals surface area contributed by atoms with Gasteiger partial charge < -0.3 is 0 Å². The van der Waals surface area contributed by atoms with Gasteiger partial charge in [0.05, 0.1) is 16.2 Å². The Morgan fingerprint density at radius 3 is 2.32 bits per heavy atom. The predicted octanol–water partition coefficient (Wildman–Crippen LogP) is 5.33. The molecule has 126 valence electrons. The molecule has 0 radical (unpaired) electrons. The minimum Gasteiger partial charge on any atom is -0.258 e. The van der Waals surface area contributed by atoms with E-state index < -0.39 is 16.7 Å². The lowest BCUT2D eigenvalue weighted by Gasteiger charge is -2.05. The van der Waals surface area contributed by atoms with Gasteiger partial charge in [-0.05, 0) is 29.8 Å². The molecule has 25 heavy (non-hydrogen) atoms. The number of hydrogen-bond donors (Lipinski definition) is 0. The van der Waals surface area contributed by atoms with Gasteiger partial charge in [0.1, 0.15) is 5.52 Å². The predicted molar refractivity (Wildman–Crippen MR) is 88.8 cm³/mol. The van der Waals surface area contributed by atoms with Gasteiger partial charge in [-0.25, -0.2) is 4.98 Å². The molecule has 0 aliphatic rings. The minimum atomic E-state index is -4.37. The number of benzene rings is 2. The van der Waals surface area contributed by atoms with Crippen molar-refractivity contribution in [2.24, 2.45) is 0 Å². The van der Waals surface area contributed by atoms with Gasteiger partial charge in [0.15, 0.2) is 0 Å². The van der Waals surface area contributed by atoms with E-state index in [4.69, 9.17) is 0 Å². The number of pyridine rings is 1. The molecule has 0 unspecified atom stereocenters. The summed E-state index contributed by atoms with van der Waals surface area (Å²) in [6, 6.07) is 12.8. The number of nitro benzene ring substituents is 1. The zero-order chi connectivity index (χ0) is 18.0. The number of aromatic nitrogens is 1. The Hall–Kier alpha value is -3.22. The van der Waals surface area contributed by atoms with E-state index in [-0.39, 0.29) is 11.2 Å². The molecular formula is C18H11F3N2O2. The standard InChI is InChI=1S/C18H11F3N2O2/c19-18(20,21)14-8-4-12(5-9-14)6-10-15-11-7-13-2-1-3-16(23(24)25)17(13)22-15/h1-11H/b10-6+. The zero-order valence-electron chi connectivity index (χ0n) is 12.7. The fourth-order valence-corrected chi connectivity index (χ4v) is 2.35. The van der Waals surface area contributed by atoms with E-state index in [1.165, 1.54) is 18.2 Å². The first kappa shape index (κ1) is 16.6. The van der Waals surface area contributed by atoms with E-state index in [1.807, 2.05) is 0 Å². The molecule has 7 heteroatoms. The Bertz CT molecular complexity index is 964. The molecule has 1 heterocycles. The number of fused-ring (bicyclic) bond motifs is 1. The van der Waals surface area contributed by atoms with Crippen LogP contribution in [0.1, 0.15) is 16.8 Å². The van der Waals surface area contributed by atoms with Crippen molar-refractivity contribution >= 4 is 28.7 Å². The molecule has 0 N–H and O–H groups in total. The van der Waals surface area contributed by atoms with Crippen LogP contribution >= 0.6 is 0 Å². The van der Waals surface area contributed by atoms with E-state index in [2.05, 4.69) is 4.98 Å². The minimum absolute atomic E-state index is 0.0951. The van der Waals surface area contributed by atoms with Gasteiger partial charge in [0.2, 0.25) is 0 Å². The number of non-ortho nitro benzene ring substituents is 1. The first-order chi connectivity index (χ1) is 11.8. The van der Waals surface area contributed by atoms with Crippen molar-refractivity contribution in [1.29, 1.82) is 0 Å². The highest BCUT2D eigenvalue weighted by Crippen LogP contribution is 2.29. The van der Waals surface area contributed by atoms with Crippen molar-refractivity contribution in [3.05, 3.63) is 81.5 Å². The zero-order valence-corrected chi connectivity index (χ0v) is 12.7. The molecule has 0 atom stereocenters. The maximum Gasteiger partial charge on any atom is 0.416 e. The van der Waals surface area contributed by atoms with Crippen LogP contribution < -0.4 is 0 Å². The van der Waals surface area contributed by atoms with Gasteiger partial charge >= 0.3 is 6.18 Å². The summed E-state index contributed by atoms with van der Waals surface area (Å²) >= 11 is 0. The first-order valence-electron chi connectivity index (χ1n) is 7.24. The van der Waals surface area contributed by atoms with Crippen molar-refractivity contribution in [2.45, 2.75) is 6.18 Å². The van der Waals surface area contributed by atoms with Crippen LogP contribution in [0.4, 0.5) is 18.9 Å². The van der Waals surface area contributed by atoms with Crippen LogP contribution in [0.5, 0.6) is 0 Å². The van der Waals surface area contributed by atoms with Crippen LogP contribution in [-0.4, -0.2) is 9.91 Å². The van der Waals surface area contributed by atoms with Crippen molar-refractivity contribution in [2.75, 3.05) is 0 Å². The van der Waals surface area contributed by atoms with Gasteiger partial charge in [-0.1, -0.05) is 36.4 Å². The summed E-state index contributed by atoms with van der Waals surface area (Å²) in [5.41, 5.74) is 0.493. The quantitative estimate of drug-likeness (QED) is 0.476. The van der Waals surface area contributed by atoms with Crippen LogP contribution in [0.2, 0.25) is 0 Å². The molecule has 0 spiro atoms. The number of nitrogens with zero attached hydrogens (tertiary/aromatic N) is 2. The normalized spacial score (nSPS) is 12.0. The first-order valence-corrected chi connectivity index (χ1v) is 7.24. The third-order valence-electron chi connectivity index (χ3n) is 3.60. The molecule has 0 bridgehead atoms. The van der Waals surface area contributed by atoms with E-state index in [1.54, 1.807) is 36.4 Å². The molecule has 0 amide bonds. The summed E-state index contributed by atoms with van der Waals surface area (Å²) < 4.78 is 37.6. The van der Waals surface area contributed by atoms with Crippen LogP contribution in [0, 0.1) is 10.1 Å². The topological polar surface area (TPSA) is 56.0 Å². The molecule has 1 aromatic heterocycles. The summed E-state index contributed by atoms with van der Waals surface area (Å²) in [5.74, 6) is 0. The van der Waals surface area contributed by atoms with Crippen LogP contribution in [0.15, 0.2) is 54.6 Å². The Morgan fingerprint density at radius 1 is 0.960 bits per heavy atom. The van der Waals surface area contributed by atoms with Gasteiger partial charge in [-0.3, -0.25) is 10.1 Å². The Morgan fingerprint density at radius 2 is 1.68 bits per heavy atom. The number of halogens is 3. The van der Waals surface area contributed by atoms with Gasteiger partial charge in [0.25, 0.3) is 5.69 Å². The second-order valence-corrected chi connectivity index (χ2v) is 5.30. The van der Waals surface area contributed by atoms with Crippen molar-refractivity contribution < 1.29 is 18.1 Å². The molecule has 2 aromatic carbocycles. The molecule has 0 aliphatic heterocycles. The molecule has 4 nitrogen and oxygen atoms in total. The average Bonchev–Trinajstić information content (AvgIpc) is 2.58. The van der Waals surface area contributed by atoms with Crippen molar-refractivity contribution in [3.63, 3.8) is 0 Å². The number of nitro groups is 1. The van der Waals surface area contributed by atoms with E-state index in [0.29, 0.717) is 16.6 Å². The number of alkyl halides is 3. The fourth-order valence-electron chi connectivity index (χ4n) is 2.35. The molecule has 3 rings (SSSR count). The van der Waals surface area contributed by atoms with Gasteiger partial charge in [0, 0.05) is 11.5 Å². The molecule has 0 saturated heterocycles. The second kappa shape index (κ2) is 6.35. The van der Waals surface area contributed by atoms with Crippen molar-refractivity contribution in [1.82, 2.24) is 4.98 Å². The maximum atomic E-state index is 12.5. The maximum absolute atomic E-state index is 12.5.